The molecule has 0 radical (unpaired) electrons. The summed E-state index contributed by atoms with van der Waals surface area (Å²) in [5, 5.41) is 19.0. The molecule has 86 valence electrons. The van der Waals surface area contributed by atoms with E-state index >= 15 is 0 Å². The highest BCUT2D eigenvalue weighted by molar-refractivity contribution is 5.94. The van der Waals surface area contributed by atoms with E-state index in [0.717, 1.165) is 6.07 Å². The molecule has 0 amide bonds. The molecule has 0 atom stereocenters. The standard InChI is InChI=1S/C11H8N2O4/c1-17-11(14)10-7-9(13(15)16)5-4-8(10)3-2-6-12/h2-5,7H,1H3/b3-2+. The molecule has 0 aliphatic heterocycles. The molecule has 0 spiro atoms. The van der Waals surface area contributed by atoms with Crippen molar-refractivity contribution in [3.05, 3.63) is 45.5 Å². The van der Waals surface area contributed by atoms with Gasteiger partial charge in [0.25, 0.3) is 5.69 Å². The van der Waals surface area contributed by atoms with E-state index in [4.69, 9.17) is 5.26 Å². The number of nitro groups is 1. The lowest BCUT2D eigenvalue weighted by Gasteiger charge is -2.03. The Labute approximate surface area is 96.9 Å². The average molecular weight is 232 g/mol. The first-order valence-corrected chi connectivity index (χ1v) is 4.53. The second-order valence-corrected chi connectivity index (χ2v) is 2.98. The number of nitrogens with zero attached hydrogens (tertiary/aromatic N) is 2. The maximum Gasteiger partial charge on any atom is 0.338 e. The maximum absolute atomic E-state index is 11.4. The number of nitriles is 1. The van der Waals surface area contributed by atoms with Gasteiger partial charge in [0.05, 0.1) is 23.7 Å². The molecule has 6 nitrogen and oxygen atoms in total. The van der Waals surface area contributed by atoms with Crippen LogP contribution in [0.3, 0.4) is 0 Å². The van der Waals surface area contributed by atoms with Crippen molar-refractivity contribution < 1.29 is 14.5 Å². The zero-order chi connectivity index (χ0) is 12.8. The number of ether oxygens (including phenoxy) is 1. The van der Waals surface area contributed by atoms with Crippen molar-refractivity contribution in [2.45, 2.75) is 0 Å². The number of allylic oxidation sites excluding steroid dienone is 1. The van der Waals surface area contributed by atoms with Gasteiger partial charge in [-0.15, -0.1) is 0 Å². The predicted molar refractivity (Wildman–Crippen MR) is 59.1 cm³/mol. The zero-order valence-corrected chi connectivity index (χ0v) is 8.91. The van der Waals surface area contributed by atoms with Crippen LogP contribution in [0.5, 0.6) is 0 Å². The Hall–Kier alpha value is -2.68. The van der Waals surface area contributed by atoms with E-state index in [1.807, 2.05) is 0 Å². The average Bonchev–Trinajstić information content (AvgIpc) is 2.35. The van der Waals surface area contributed by atoms with Crippen LogP contribution in [0.4, 0.5) is 5.69 Å². The zero-order valence-electron chi connectivity index (χ0n) is 8.91. The van der Waals surface area contributed by atoms with Crippen molar-refractivity contribution in [3.63, 3.8) is 0 Å². The number of methoxy groups -OCH3 is 1. The minimum atomic E-state index is -0.689. The van der Waals surface area contributed by atoms with E-state index in [1.54, 1.807) is 6.07 Å². The van der Waals surface area contributed by atoms with E-state index in [1.165, 1.54) is 31.4 Å². The Morgan fingerprint density at radius 1 is 1.59 bits per heavy atom. The number of hydrogen-bond acceptors (Lipinski definition) is 5. The van der Waals surface area contributed by atoms with Crippen molar-refractivity contribution in [1.29, 1.82) is 5.26 Å². The quantitative estimate of drug-likeness (QED) is 0.343. The SMILES string of the molecule is COC(=O)c1cc([N+](=O)[O-])ccc1/C=C/C#N. The molecule has 0 aromatic heterocycles. The van der Waals surface area contributed by atoms with Gasteiger partial charge < -0.3 is 4.74 Å². The molecule has 0 aliphatic rings. The first-order valence-electron chi connectivity index (χ1n) is 4.53. The fourth-order valence-corrected chi connectivity index (χ4v) is 1.22. The van der Waals surface area contributed by atoms with Gasteiger partial charge >= 0.3 is 5.97 Å². The summed E-state index contributed by atoms with van der Waals surface area (Å²) in [5.74, 6) is -0.689. The van der Waals surface area contributed by atoms with Crippen LogP contribution in [0.2, 0.25) is 0 Å². The van der Waals surface area contributed by atoms with Crippen molar-refractivity contribution in [3.8, 4) is 6.07 Å². The minimum absolute atomic E-state index is 0.0493. The van der Waals surface area contributed by atoms with Gasteiger partial charge in [0, 0.05) is 18.2 Å². The minimum Gasteiger partial charge on any atom is -0.465 e. The molecule has 0 unspecified atom stereocenters. The molecule has 0 saturated carbocycles. The second kappa shape index (κ2) is 5.42. The van der Waals surface area contributed by atoms with Gasteiger partial charge in [-0.25, -0.2) is 4.79 Å². The molecule has 6 heteroatoms. The van der Waals surface area contributed by atoms with Gasteiger partial charge in [0.2, 0.25) is 0 Å². The Morgan fingerprint density at radius 3 is 2.82 bits per heavy atom. The van der Waals surface area contributed by atoms with Crippen molar-refractivity contribution in [2.24, 2.45) is 0 Å². The highest BCUT2D eigenvalue weighted by atomic mass is 16.6. The van der Waals surface area contributed by atoms with Gasteiger partial charge in [-0.1, -0.05) is 0 Å². The molecular weight excluding hydrogens is 224 g/mol. The van der Waals surface area contributed by atoms with Gasteiger partial charge in [0.15, 0.2) is 0 Å². The van der Waals surface area contributed by atoms with E-state index in [0.29, 0.717) is 5.56 Å². The number of benzene rings is 1. The first kappa shape index (κ1) is 12.4. The summed E-state index contributed by atoms with van der Waals surface area (Å²) in [6.07, 6.45) is 2.56. The molecule has 1 aromatic rings. The van der Waals surface area contributed by atoms with Gasteiger partial charge in [-0.3, -0.25) is 10.1 Å². The summed E-state index contributed by atoms with van der Waals surface area (Å²) in [6.45, 7) is 0. The molecule has 0 aliphatic carbocycles. The lowest BCUT2D eigenvalue weighted by molar-refractivity contribution is -0.384. The number of carbonyl (C=O) groups excluding carboxylic acids is 1. The van der Waals surface area contributed by atoms with Gasteiger partial charge in [-0.2, -0.15) is 5.26 Å². The number of non-ortho nitro benzene ring substituents is 1. The molecule has 0 bridgehead atoms. The number of hydrogen-bond donors (Lipinski definition) is 0. The number of esters is 1. The van der Waals surface area contributed by atoms with Crippen molar-refractivity contribution in [2.75, 3.05) is 7.11 Å². The van der Waals surface area contributed by atoms with Crippen LogP contribution in [0.25, 0.3) is 6.08 Å². The summed E-state index contributed by atoms with van der Waals surface area (Å²) in [6, 6.07) is 5.53. The van der Waals surface area contributed by atoms with E-state index in [9.17, 15) is 14.9 Å². The fraction of sp³-hybridized carbons (Fsp3) is 0.0909. The number of nitro benzene ring substituents is 1. The lowest BCUT2D eigenvalue weighted by atomic mass is 10.1. The molecular formula is C11H8N2O4. The Morgan fingerprint density at radius 2 is 2.29 bits per heavy atom. The second-order valence-electron chi connectivity index (χ2n) is 2.98. The molecule has 1 rings (SSSR count). The topological polar surface area (TPSA) is 93.2 Å². The van der Waals surface area contributed by atoms with Crippen LogP contribution >= 0.6 is 0 Å². The predicted octanol–water partition coefficient (Wildman–Crippen LogP) is 1.92. The molecule has 0 N–H and O–H groups in total. The summed E-state index contributed by atoms with van der Waals surface area (Å²) in [7, 11) is 1.18. The fourth-order valence-electron chi connectivity index (χ4n) is 1.22. The highest BCUT2D eigenvalue weighted by Gasteiger charge is 2.15. The summed E-state index contributed by atoms with van der Waals surface area (Å²) >= 11 is 0. The summed E-state index contributed by atoms with van der Waals surface area (Å²) in [4.78, 5) is 21.4. The van der Waals surface area contributed by atoms with E-state index in [2.05, 4.69) is 4.74 Å². The molecule has 0 heterocycles. The third-order valence-electron chi connectivity index (χ3n) is 1.99. The Bertz CT molecular complexity index is 529. The van der Waals surface area contributed by atoms with Crippen LogP contribution in [-0.4, -0.2) is 18.0 Å². The van der Waals surface area contributed by atoms with Crippen molar-refractivity contribution in [1.82, 2.24) is 0 Å². The maximum atomic E-state index is 11.4. The van der Waals surface area contributed by atoms with Crippen LogP contribution in [0, 0.1) is 21.4 Å². The third-order valence-corrected chi connectivity index (χ3v) is 1.99. The molecule has 0 fully saturated rings. The summed E-state index contributed by atoms with van der Waals surface area (Å²) < 4.78 is 4.51. The van der Waals surface area contributed by atoms with Crippen LogP contribution in [0.1, 0.15) is 15.9 Å². The third kappa shape index (κ3) is 2.89. The first-order chi connectivity index (χ1) is 8.10. The Balaban J connectivity index is 3.32. The van der Waals surface area contributed by atoms with Crippen LogP contribution < -0.4 is 0 Å². The van der Waals surface area contributed by atoms with Crippen LogP contribution in [0.15, 0.2) is 24.3 Å². The van der Waals surface area contributed by atoms with E-state index in [-0.39, 0.29) is 11.3 Å². The summed E-state index contributed by atoms with van der Waals surface area (Å²) in [5.41, 5.74) is 0.233. The van der Waals surface area contributed by atoms with Crippen molar-refractivity contribution >= 4 is 17.7 Å². The number of carbonyl (C=O) groups is 1. The van der Waals surface area contributed by atoms with E-state index < -0.39 is 10.9 Å². The monoisotopic (exact) mass is 232 g/mol. The molecule has 1 aromatic carbocycles. The largest absolute Gasteiger partial charge is 0.465 e. The number of rotatable bonds is 3. The smallest absolute Gasteiger partial charge is 0.338 e. The normalized spacial score (nSPS) is 9.88. The Kier molecular flexibility index (Phi) is 3.95. The molecule has 17 heavy (non-hydrogen) atoms. The molecule has 0 saturated heterocycles. The van der Waals surface area contributed by atoms with Crippen LogP contribution in [-0.2, 0) is 4.74 Å². The lowest BCUT2D eigenvalue weighted by Crippen LogP contribution is -2.04. The van der Waals surface area contributed by atoms with Gasteiger partial charge in [0.1, 0.15) is 0 Å². The highest BCUT2D eigenvalue weighted by Crippen LogP contribution is 2.19. The van der Waals surface area contributed by atoms with Gasteiger partial charge in [-0.05, 0) is 17.7 Å².